The third-order valence-corrected chi connectivity index (χ3v) is 4.94. The number of anilines is 1. The summed E-state index contributed by atoms with van der Waals surface area (Å²) in [6, 6.07) is 12.1. The molecular formula is C20H23N5O2. The van der Waals surface area contributed by atoms with Crippen molar-refractivity contribution >= 4 is 5.82 Å². The summed E-state index contributed by atoms with van der Waals surface area (Å²) in [5.74, 6) is 3.20. The van der Waals surface area contributed by atoms with Crippen LogP contribution < -0.4 is 14.4 Å². The summed E-state index contributed by atoms with van der Waals surface area (Å²) in [5, 5.41) is 13.2. The van der Waals surface area contributed by atoms with Gasteiger partial charge in [0.1, 0.15) is 11.5 Å². The quantitative estimate of drug-likeness (QED) is 0.691. The van der Waals surface area contributed by atoms with Crippen molar-refractivity contribution in [3.05, 3.63) is 53.9 Å². The minimum atomic E-state index is 0.206. The summed E-state index contributed by atoms with van der Waals surface area (Å²) in [6.45, 7) is 2.89. The molecule has 3 aromatic rings. The smallest absolute Gasteiger partial charge is 0.175 e. The fourth-order valence-electron chi connectivity index (χ4n) is 3.59. The van der Waals surface area contributed by atoms with E-state index in [1.165, 1.54) is 0 Å². The molecule has 1 aliphatic rings. The van der Waals surface area contributed by atoms with Crippen molar-refractivity contribution in [3.63, 3.8) is 0 Å². The number of benzene rings is 1. The van der Waals surface area contributed by atoms with Gasteiger partial charge in [-0.2, -0.15) is 5.10 Å². The standard InChI is InChI=1S/C20H23N5O2/c1-14-10-12-25(23-14)20-9-8-19(21-22-20)24-11-4-5-17(24)16-7-6-15(26-2)13-18(16)27-3/h6-10,12-13,17H,4-5,11H2,1-3H3. The summed E-state index contributed by atoms with van der Waals surface area (Å²) < 4.78 is 12.7. The van der Waals surface area contributed by atoms with Gasteiger partial charge in [0, 0.05) is 24.4 Å². The van der Waals surface area contributed by atoms with E-state index in [0.717, 1.165) is 48.0 Å². The molecule has 1 saturated heterocycles. The van der Waals surface area contributed by atoms with Gasteiger partial charge in [0.15, 0.2) is 11.6 Å². The Morgan fingerprint density at radius 3 is 2.48 bits per heavy atom. The normalized spacial score (nSPS) is 16.6. The Hall–Kier alpha value is -3.09. The summed E-state index contributed by atoms with van der Waals surface area (Å²) in [7, 11) is 3.35. The molecule has 1 aliphatic heterocycles. The Bertz CT molecular complexity index is 922. The first-order valence-corrected chi connectivity index (χ1v) is 9.04. The summed E-state index contributed by atoms with van der Waals surface area (Å²) >= 11 is 0. The molecule has 0 N–H and O–H groups in total. The first kappa shape index (κ1) is 17.3. The van der Waals surface area contributed by atoms with Gasteiger partial charge in [-0.25, -0.2) is 4.68 Å². The molecule has 0 saturated carbocycles. The molecule has 4 rings (SSSR count). The van der Waals surface area contributed by atoms with Crippen LogP contribution in [0, 0.1) is 6.92 Å². The number of hydrogen-bond acceptors (Lipinski definition) is 6. The van der Waals surface area contributed by atoms with Gasteiger partial charge in [0.05, 0.1) is 26.0 Å². The van der Waals surface area contributed by atoms with E-state index in [2.05, 4.69) is 26.3 Å². The van der Waals surface area contributed by atoms with Crippen LogP contribution in [0.1, 0.15) is 30.1 Å². The lowest BCUT2D eigenvalue weighted by Gasteiger charge is -2.27. The van der Waals surface area contributed by atoms with Crippen molar-refractivity contribution in [2.75, 3.05) is 25.7 Å². The van der Waals surface area contributed by atoms with Gasteiger partial charge in [-0.3, -0.25) is 0 Å². The maximum absolute atomic E-state index is 5.61. The molecule has 1 fully saturated rings. The van der Waals surface area contributed by atoms with Crippen molar-refractivity contribution in [1.29, 1.82) is 0 Å². The van der Waals surface area contributed by atoms with E-state index in [9.17, 15) is 0 Å². The lowest BCUT2D eigenvalue weighted by atomic mass is 10.0. The van der Waals surface area contributed by atoms with E-state index in [1.54, 1.807) is 18.9 Å². The highest BCUT2D eigenvalue weighted by molar-refractivity contribution is 5.50. The molecule has 0 spiro atoms. The molecule has 0 bridgehead atoms. The Kier molecular flexibility index (Phi) is 4.66. The zero-order chi connectivity index (χ0) is 18.8. The van der Waals surface area contributed by atoms with Crippen LogP contribution >= 0.6 is 0 Å². The Morgan fingerprint density at radius 1 is 1.00 bits per heavy atom. The average molecular weight is 365 g/mol. The van der Waals surface area contributed by atoms with Crippen LogP contribution in [-0.4, -0.2) is 40.7 Å². The molecular weight excluding hydrogens is 342 g/mol. The van der Waals surface area contributed by atoms with Gasteiger partial charge in [0.25, 0.3) is 0 Å². The number of ether oxygens (including phenoxy) is 2. The first-order valence-electron chi connectivity index (χ1n) is 9.04. The highest BCUT2D eigenvalue weighted by Crippen LogP contribution is 2.40. The predicted octanol–water partition coefficient (Wildman–Crippen LogP) is 3.33. The highest BCUT2D eigenvalue weighted by Gasteiger charge is 2.29. The monoisotopic (exact) mass is 365 g/mol. The summed E-state index contributed by atoms with van der Waals surface area (Å²) in [4.78, 5) is 2.29. The summed E-state index contributed by atoms with van der Waals surface area (Å²) in [6.07, 6.45) is 4.03. The van der Waals surface area contributed by atoms with Crippen LogP contribution in [0.2, 0.25) is 0 Å². The second-order valence-corrected chi connectivity index (χ2v) is 6.61. The second kappa shape index (κ2) is 7.26. The molecule has 2 aromatic heterocycles. The van der Waals surface area contributed by atoms with Crippen LogP contribution in [-0.2, 0) is 0 Å². The van der Waals surface area contributed by atoms with Gasteiger partial charge in [-0.1, -0.05) is 0 Å². The van der Waals surface area contributed by atoms with Crippen LogP contribution in [0.3, 0.4) is 0 Å². The molecule has 0 amide bonds. The Balaban J connectivity index is 1.62. The third-order valence-electron chi connectivity index (χ3n) is 4.94. The molecule has 1 atom stereocenters. The highest BCUT2D eigenvalue weighted by atomic mass is 16.5. The number of nitrogens with zero attached hydrogens (tertiary/aromatic N) is 5. The van der Waals surface area contributed by atoms with Gasteiger partial charge in [0.2, 0.25) is 0 Å². The van der Waals surface area contributed by atoms with E-state index < -0.39 is 0 Å². The van der Waals surface area contributed by atoms with Crippen LogP contribution in [0.15, 0.2) is 42.6 Å². The lowest BCUT2D eigenvalue weighted by Crippen LogP contribution is -2.24. The molecule has 140 valence electrons. The van der Waals surface area contributed by atoms with Gasteiger partial charge in [-0.15, -0.1) is 10.2 Å². The largest absolute Gasteiger partial charge is 0.497 e. The molecule has 0 aliphatic carbocycles. The minimum absolute atomic E-state index is 0.206. The topological polar surface area (TPSA) is 65.3 Å². The number of hydrogen-bond donors (Lipinski definition) is 0. The van der Waals surface area contributed by atoms with Crippen LogP contribution in [0.4, 0.5) is 5.82 Å². The fraction of sp³-hybridized carbons (Fsp3) is 0.350. The fourth-order valence-corrected chi connectivity index (χ4v) is 3.59. The molecule has 1 unspecified atom stereocenters. The average Bonchev–Trinajstić information content (AvgIpc) is 3.36. The maximum Gasteiger partial charge on any atom is 0.175 e. The van der Waals surface area contributed by atoms with Crippen molar-refractivity contribution in [2.24, 2.45) is 0 Å². The number of rotatable bonds is 5. The van der Waals surface area contributed by atoms with E-state index in [1.807, 2.05) is 43.5 Å². The van der Waals surface area contributed by atoms with E-state index >= 15 is 0 Å². The van der Waals surface area contributed by atoms with Crippen molar-refractivity contribution in [1.82, 2.24) is 20.0 Å². The van der Waals surface area contributed by atoms with Gasteiger partial charge in [-0.05, 0) is 50.1 Å². The van der Waals surface area contributed by atoms with E-state index in [-0.39, 0.29) is 6.04 Å². The van der Waals surface area contributed by atoms with Crippen molar-refractivity contribution in [2.45, 2.75) is 25.8 Å². The zero-order valence-corrected chi connectivity index (χ0v) is 15.8. The molecule has 3 heterocycles. The predicted molar refractivity (Wildman–Crippen MR) is 103 cm³/mol. The molecule has 7 heteroatoms. The SMILES string of the molecule is COc1ccc(C2CCCN2c2ccc(-n3ccc(C)n3)nn2)c(OC)c1. The van der Waals surface area contributed by atoms with Gasteiger partial charge >= 0.3 is 0 Å². The van der Waals surface area contributed by atoms with Crippen LogP contribution in [0.5, 0.6) is 11.5 Å². The maximum atomic E-state index is 5.61. The van der Waals surface area contributed by atoms with Crippen molar-refractivity contribution < 1.29 is 9.47 Å². The second-order valence-electron chi connectivity index (χ2n) is 6.61. The summed E-state index contributed by atoms with van der Waals surface area (Å²) in [5.41, 5.74) is 2.09. The zero-order valence-electron chi connectivity index (χ0n) is 15.8. The number of methoxy groups -OCH3 is 2. The molecule has 0 radical (unpaired) electrons. The number of aryl methyl sites for hydroxylation is 1. The Labute approximate surface area is 158 Å². The third kappa shape index (κ3) is 3.32. The number of aromatic nitrogens is 4. The van der Waals surface area contributed by atoms with Crippen molar-refractivity contribution in [3.8, 4) is 17.3 Å². The molecule has 7 nitrogen and oxygen atoms in total. The molecule has 1 aromatic carbocycles. The van der Waals surface area contributed by atoms with E-state index in [0.29, 0.717) is 5.82 Å². The van der Waals surface area contributed by atoms with E-state index in [4.69, 9.17) is 9.47 Å². The van der Waals surface area contributed by atoms with Crippen LogP contribution in [0.25, 0.3) is 5.82 Å². The first-order chi connectivity index (χ1) is 13.2. The van der Waals surface area contributed by atoms with Gasteiger partial charge < -0.3 is 14.4 Å². The molecule has 27 heavy (non-hydrogen) atoms. The lowest BCUT2D eigenvalue weighted by molar-refractivity contribution is 0.388. The minimum Gasteiger partial charge on any atom is -0.497 e. The Morgan fingerprint density at radius 2 is 1.81 bits per heavy atom.